The molecular formula is C70H62N3O2Pt-. The van der Waals surface area contributed by atoms with Crippen LogP contribution < -0.4 is 0 Å². The number of para-hydroxylation sites is 3. The van der Waals surface area contributed by atoms with Gasteiger partial charge in [0, 0.05) is 55.2 Å². The monoisotopic (exact) mass is 1170 g/mol. The zero-order valence-corrected chi connectivity index (χ0v) is 47.2. The van der Waals surface area contributed by atoms with E-state index in [1.165, 1.54) is 55.6 Å². The summed E-state index contributed by atoms with van der Waals surface area (Å²) in [4.78, 5) is 11.0. The number of hydrogen-bond acceptors (Lipinski definition) is 4. The van der Waals surface area contributed by atoms with Crippen LogP contribution in [0.3, 0.4) is 0 Å². The van der Waals surface area contributed by atoms with Gasteiger partial charge in [-0.1, -0.05) is 190 Å². The molecule has 3 aliphatic rings. The largest absolute Gasteiger partial charge is 0.507 e. The molecule has 76 heavy (non-hydrogen) atoms. The Morgan fingerprint density at radius 2 is 1.11 bits per heavy atom. The van der Waals surface area contributed by atoms with Crippen molar-refractivity contribution in [2.24, 2.45) is 0 Å². The Morgan fingerprint density at radius 3 is 1.71 bits per heavy atom. The van der Waals surface area contributed by atoms with Gasteiger partial charge in [-0.2, -0.15) is 0 Å². The van der Waals surface area contributed by atoms with Gasteiger partial charge in [-0.15, -0.1) is 12.1 Å². The van der Waals surface area contributed by atoms with Gasteiger partial charge in [-0.3, -0.25) is 9.97 Å². The Hall–Kier alpha value is -7.33. The van der Waals surface area contributed by atoms with Crippen LogP contribution in [0.15, 0.2) is 168 Å². The Labute approximate surface area is 461 Å². The average Bonchev–Trinajstić information content (AvgIpc) is 4.00. The Bertz CT molecular complexity index is 4030. The molecule has 6 heteroatoms. The first-order chi connectivity index (χ1) is 36.0. The van der Waals surface area contributed by atoms with Crippen molar-refractivity contribution in [2.75, 3.05) is 0 Å². The van der Waals surface area contributed by atoms with E-state index >= 15 is 0 Å². The number of phenolic OH excluding ortho intramolecular Hbond substituents is 1. The second-order valence-electron chi connectivity index (χ2n) is 23.8. The number of aromatic hydroxyl groups is 1. The van der Waals surface area contributed by atoms with Gasteiger partial charge in [0.1, 0.15) is 11.3 Å². The SMILES string of the molecule is CC(C)c1cccc(C(C)C)c1-n1c(-c2[c-]c(-c3cccc(-c4cc(-c5cc(C(C)(C)C)cc(C(C)(C)C)c5)ccc4O)n3)cc3c2oc2cc4c(cc23)C2c3ccccc3C4c3ccccc32)nc2ccccc21.[Pt]. The number of phenols is 1. The van der Waals surface area contributed by atoms with Gasteiger partial charge in [-0.05, 0) is 143 Å². The minimum absolute atomic E-state index is 0. The summed E-state index contributed by atoms with van der Waals surface area (Å²) in [6.45, 7) is 22.7. The topological polar surface area (TPSA) is 64.1 Å². The van der Waals surface area contributed by atoms with Gasteiger partial charge >= 0.3 is 0 Å². The summed E-state index contributed by atoms with van der Waals surface area (Å²) in [6.07, 6.45) is 0. The van der Waals surface area contributed by atoms with E-state index in [1.807, 2.05) is 24.3 Å². The number of fused-ring (bicyclic) bond motifs is 4. The standard InChI is InChI=1S/C70H62N3O2.Pt/c1-39(2)46-23-17-24-47(40(3)4)66(46)73-61-28-16-15-25-60(61)72-68(73)57-35-43(58-26-18-27-59(71-58)56-33-41(29-30-62(56)74)42-31-44(69(5,6)7)36-45(32-42)70(8,9)10)34-55-52-37-53-54(38-63(52)75-67(55)57)65-50-21-13-11-19-48(50)64(53)49-20-12-14-22-51(49)65;/h11-34,36-40,64-65,74H,1-10H3;/q-1;. The van der Waals surface area contributed by atoms with Crippen LogP contribution >= 0.6 is 0 Å². The molecule has 11 aromatic rings. The van der Waals surface area contributed by atoms with Crippen molar-refractivity contribution in [3.8, 4) is 56.5 Å². The summed E-state index contributed by atoms with van der Waals surface area (Å²) in [5, 5.41) is 13.7. The fourth-order valence-electron chi connectivity index (χ4n) is 12.3. The van der Waals surface area contributed by atoms with E-state index in [0.717, 1.165) is 72.4 Å². The quantitative estimate of drug-likeness (QED) is 0.162. The fraction of sp³-hybridized carbons (Fsp3) is 0.229. The fourth-order valence-corrected chi connectivity index (χ4v) is 12.3. The zero-order valence-electron chi connectivity index (χ0n) is 44.9. The molecule has 0 radical (unpaired) electrons. The van der Waals surface area contributed by atoms with Gasteiger partial charge in [0.15, 0.2) is 0 Å². The number of benzene rings is 8. The van der Waals surface area contributed by atoms with Gasteiger partial charge in [-0.25, -0.2) is 0 Å². The molecule has 0 spiro atoms. The van der Waals surface area contributed by atoms with Gasteiger partial charge in [0.2, 0.25) is 0 Å². The maximum absolute atomic E-state index is 11.7. The second kappa shape index (κ2) is 18.2. The van der Waals surface area contributed by atoms with Crippen LogP contribution in [0.2, 0.25) is 0 Å². The Morgan fingerprint density at radius 1 is 0.539 bits per heavy atom. The number of hydrogen-bond donors (Lipinski definition) is 1. The van der Waals surface area contributed by atoms with E-state index in [4.69, 9.17) is 14.4 Å². The van der Waals surface area contributed by atoms with Crippen molar-refractivity contribution >= 4 is 33.0 Å². The molecule has 2 bridgehead atoms. The van der Waals surface area contributed by atoms with Gasteiger partial charge < -0.3 is 14.1 Å². The van der Waals surface area contributed by atoms with Crippen LogP contribution in [0.5, 0.6) is 5.75 Å². The summed E-state index contributed by atoms with van der Waals surface area (Å²) in [6, 6.07) is 63.0. The molecule has 3 heterocycles. The maximum Gasteiger partial charge on any atom is 0.124 e. The Kier molecular flexibility index (Phi) is 11.8. The number of imidazole rings is 1. The maximum atomic E-state index is 11.7. The first-order valence-corrected chi connectivity index (χ1v) is 26.7. The molecule has 0 unspecified atom stereocenters. The molecule has 8 aromatic carbocycles. The predicted molar refractivity (Wildman–Crippen MR) is 309 cm³/mol. The van der Waals surface area contributed by atoms with Crippen LogP contribution in [0, 0.1) is 6.07 Å². The third-order valence-electron chi connectivity index (χ3n) is 16.2. The van der Waals surface area contributed by atoms with Crippen LogP contribution in [-0.2, 0) is 31.9 Å². The zero-order chi connectivity index (χ0) is 51.8. The molecule has 1 N–H and O–H groups in total. The van der Waals surface area contributed by atoms with E-state index in [2.05, 4.69) is 219 Å². The summed E-state index contributed by atoms with van der Waals surface area (Å²) in [7, 11) is 0. The second-order valence-corrected chi connectivity index (χ2v) is 23.8. The molecule has 5 nitrogen and oxygen atoms in total. The average molecular weight is 1170 g/mol. The van der Waals surface area contributed by atoms with E-state index in [9.17, 15) is 5.11 Å². The summed E-state index contributed by atoms with van der Waals surface area (Å²) < 4.78 is 9.67. The molecule has 3 aromatic heterocycles. The van der Waals surface area contributed by atoms with E-state index < -0.39 is 0 Å². The van der Waals surface area contributed by atoms with Crippen LogP contribution in [-0.4, -0.2) is 19.6 Å². The van der Waals surface area contributed by atoms with Crippen LogP contribution in [0.4, 0.5) is 0 Å². The van der Waals surface area contributed by atoms with E-state index in [1.54, 1.807) is 0 Å². The molecule has 0 aliphatic heterocycles. The van der Waals surface area contributed by atoms with Crippen molar-refractivity contribution in [1.29, 1.82) is 0 Å². The number of aromatic nitrogens is 3. The molecule has 0 saturated carbocycles. The minimum Gasteiger partial charge on any atom is -0.507 e. The van der Waals surface area contributed by atoms with Crippen molar-refractivity contribution < 1.29 is 30.6 Å². The molecule has 0 atom stereocenters. The molecule has 380 valence electrons. The minimum atomic E-state index is -0.0450. The molecule has 0 amide bonds. The van der Waals surface area contributed by atoms with Crippen molar-refractivity contribution in [3.63, 3.8) is 0 Å². The van der Waals surface area contributed by atoms with E-state index in [0.29, 0.717) is 11.3 Å². The number of nitrogens with zero attached hydrogens (tertiary/aromatic N) is 3. The molecule has 3 aliphatic carbocycles. The molecule has 0 saturated heterocycles. The van der Waals surface area contributed by atoms with E-state index in [-0.39, 0.29) is 61.3 Å². The first-order valence-electron chi connectivity index (χ1n) is 26.7. The van der Waals surface area contributed by atoms with Gasteiger partial charge in [0.25, 0.3) is 0 Å². The normalized spacial score (nSPS) is 14.9. The summed E-state index contributed by atoms with van der Waals surface area (Å²) in [5.41, 5.74) is 23.5. The molecule has 14 rings (SSSR count). The Balaban J connectivity index is 0.00000582. The van der Waals surface area contributed by atoms with Crippen molar-refractivity contribution in [1.82, 2.24) is 14.5 Å². The van der Waals surface area contributed by atoms with Crippen LogP contribution in [0.25, 0.3) is 83.7 Å². The third-order valence-corrected chi connectivity index (χ3v) is 16.2. The number of rotatable bonds is 7. The smallest absolute Gasteiger partial charge is 0.124 e. The van der Waals surface area contributed by atoms with Crippen LogP contribution in [0.1, 0.15) is 149 Å². The third kappa shape index (κ3) is 7.91. The van der Waals surface area contributed by atoms with Gasteiger partial charge in [0.05, 0.1) is 28.1 Å². The molecule has 0 fully saturated rings. The number of furan rings is 1. The molecular weight excluding hydrogens is 1110 g/mol. The van der Waals surface area contributed by atoms with Crippen molar-refractivity contribution in [3.05, 3.63) is 225 Å². The summed E-state index contributed by atoms with van der Waals surface area (Å²) in [5.74, 6) is 1.63. The summed E-state index contributed by atoms with van der Waals surface area (Å²) >= 11 is 0. The first kappa shape index (κ1) is 49.5. The predicted octanol–water partition coefficient (Wildman–Crippen LogP) is 18.3. The number of pyridine rings is 1. The van der Waals surface area contributed by atoms with Crippen molar-refractivity contribution in [2.45, 2.75) is 104 Å².